The summed E-state index contributed by atoms with van der Waals surface area (Å²) < 4.78 is 0. The Morgan fingerprint density at radius 3 is 2.38 bits per heavy atom. The van der Waals surface area contributed by atoms with Gasteiger partial charge >= 0.3 is 6.03 Å². The summed E-state index contributed by atoms with van der Waals surface area (Å²) in [7, 11) is 0. The van der Waals surface area contributed by atoms with Crippen molar-refractivity contribution in [1.29, 1.82) is 0 Å². The van der Waals surface area contributed by atoms with Gasteiger partial charge in [-0.3, -0.25) is 0 Å². The first-order valence-corrected chi connectivity index (χ1v) is 7.52. The van der Waals surface area contributed by atoms with Crippen LogP contribution in [0, 0.1) is 0 Å². The number of anilines is 2. The predicted octanol–water partition coefficient (Wildman–Crippen LogP) is 3.54. The highest BCUT2D eigenvalue weighted by Crippen LogP contribution is 2.27. The number of nitrogens with one attached hydrogen (secondary N) is 2. The third-order valence-electron chi connectivity index (χ3n) is 2.81. The number of carbonyl (C=O) groups excluding carboxylic acids is 1. The largest absolute Gasteiger partial charge is 0.380 e. The maximum atomic E-state index is 10.7. The summed E-state index contributed by atoms with van der Waals surface area (Å²) in [5.74, 6) is 0. The van der Waals surface area contributed by atoms with Crippen LogP contribution in [0.5, 0.6) is 0 Å². The molecule has 0 aliphatic carbocycles. The summed E-state index contributed by atoms with van der Waals surface area (Å²) in [6, 6.07) is 6.85. The second-order valence-corrected chi connectivity index (χ2v) is 6.92. The van der Waals surface area contributed by atoms with Gasteiger partial charge in [-0.1, -0.05) is 20.8 Å². The Morgan fingerprint density at radius 1 is 1.24 bits per heavy atom. The van der Waals surface area contributed by atoms with Gasteiger partial charge in [0.15, 0.2) is 0 Å². The number of thiazole rings is 1. The van der Waals surface area contributed by atoms with Gasteiger partial charge in [0.2, 0.25) is 0 Å². The van der Waals surface area contributed by atoms with Crippen LogP contribution >= 0.6 is 11.3 Å². The van der Waals surface area contributed by atoms with Crippen molar-refractivity contribution in [3.63, 3.8) is 0 Å². The summed E-state index contributed by atoms with van der Waals surface area (Å²) in [6.45, 7) is 7.21. The molecule has 0 unspecified atom stereocenters. The van der Waals surface area contributed by atoms with Crippen LogP contribution in [-0.2, 0) is 12.0 Å². The van der Waals surface area contributed by atoms with Gasteiger partial charge in [0, 0.05) is 27.9 Å². The zero-order valence-electron chi connectivity index (χ0n) is 12.4. The molecular weight excluding hydrogens is 284 g/mol. The van der Waals surface area contributed by atoms with Gasteiger partial charge in [0.25, 0.3) is 0 Å². The predicted molar refractivity (Wildman–Crippen MR) is 87.8 cm³/mol. The molecule has 0 saturated carbocycles. The molecule has 0 bridgehead atoms. The molecule has 21 heavy (non-hydrogen) atoms. The quantitative estimate of drug-likeness (QED) is 0.808. The topological polar surface area (TPSA) is 80.0 Å². The molecular formula is C15H20N4OS. The average molecular weight is 304 g/mol. The van der Waals surface area contributed by atoms with Crippen molar-refractivity contribution in [2.75, 3.05) is 10.6 Å². The first-order valence-electron chi connectivity index (χ1n) is 6.70. The zero-order chi connectivity index (χ0) is 15.5. The van der Waals surface area contributed by atoms with E-state index >= 15 is 0 Å². The Balaban J connectivity index is 1.94. The van der Waals surface area contributed by atoms with Crippen LogP contribution in [-0.4, -0.2) is 11.0 Å². The fourth-order valence-corrected chi connectivity index (χ4v) is 2.65. The number of benzene rings is 1. The minimum atomic E-state index is -0.560. The van der Waals surface area contributed by atoms with E-state index in [1.807, 2.05) is 18.3 Å². The maximum absolute atomic E-state index is 10.7. The summed E-state index contributed by atoms with van der Waals surface area (Å²) in [4.78, 5) is 16.4. The van der Waals surface area contributed by atoms with Crippen molar-refractivity contribution in [2.24, 2.45) is 5.73 Å². The van der Waals surface area contributed by atoms with Crippen molar-refractivity contribution in [1.82, 2.24) is 4.98 Å². The molecule has 0 spiro atoms. The second kappa shape index (κ2) is 6.13. The van der Waals surface area contributed by atoms with E-state index in [9.17, 15) is 4.79 Å². The Bertz CT molecular complexity index is 613. The van der Waals surface area contributed by atoms with E-state index in [1.165, 1.54) is 4.88 Å². The second-order valence-electron chi connectivity index (χ2n) is 5.80. The number of amides is 2. The van der Waals surface area contributed by atoms with E-state index < -0.39 is 6.03 Å². The number of hydrogen-bond acceptors (Lipinski definition) is 4. The van der Waals surface area contributed by atoms with Crippen molar-refractivity contribution >= 4 is 28.7 Å². The first-order chi connectivity index (χ1) is 9.84. The lowest BCUT2D eigenvalue weighted by atomic mass is 9.98. The minimum Gasteiger partial charge on any atom is -0.380 e. The van der Waals surface area contributed by atoms with Crippen molar-refractivity contribution in [3.05, 3.63) is 40.3 Å². The monoisotopic (exact) mass is 304 g/mol. The fraction of sp³-hybridized carbons (Fsp3) is 0.333. The fourth-order valence-electron chi connectivity index (χ4n) is 1.74. The minimum absolute atomic E-state index is 0.0883. The van der Waals surface area contributed by atoms with Crippen molar-refractivity contribution in [3.8, 4) is 0 Å². The van der Waals surface area contributed by atoms with Crippen LogP contribution in [0.3, 0.4) is 0 Å². The van der Waals surface area contributed by atoms with Gasteiger partial charge in [-0.2, -0.15) is 0 Å². The van der Waals surface area contributed by atoms with E-state index in [2.05, 4.69) is 36.4 Å². The SMILES string of the molecule is CC(C)(C)c1ncc(CNc2ccc(NC(N)=O)cc2)s1. The summed E-state index contributed by atoms with van der Waals surface area (Å²) in [6.07, 6.45) is 1.92. The number of nitrogens with zero attached hydrogens (tertiary/aromatic N) is 1. The number of rotatable bonds is 4. The molecule has 112 valence electrons. The van der Waals surface area contributed by atoms with Crippen LogP contribution in [0.25, 0.3) is 0 Å². The van der Waals surface area contributed by atoms with Gasteiger partial charge in [0.05, 0.1) is 11.6 Å². The smallest absolute Gasteiger partial charge is 0.316 e. The summed E-state index contributed by atoms with van der Waals surface area (Å²) >= 11 is 1.72. The lowest BCUT2D eigenvalue weighted by Gasteiger charge is -2.13. The molecule has 0 atom stereocenters. The molecule has 2 aromatic rings. The van der Waals surface area contributed by atoms with Gasteiger partial charge in [-0.05, 0) is 24.3 Å². The molecule has 0 fully saturated rings. The lowest BCUT2D eigenvalue weighted by molar-refractivity contribution is 0.259. The Hall–Kier alpha value is -2.08. The van der Waals surface area contributed by atoms with E-state index in [1.54, 1.807) is 23.5 Å². The molecule has 5 nitrogen and oxygen atoms in total. The molecule has 0 saturated heterocycles. The zero-order valence-corrected chi connectivity index (χ0v) is 13.3. The molecule has 1 aromatic heterocycles. The average Bonchev–Trinajstić information content (AvgIpc) is 2.86. The number of hydrogen-bond donors (Lipinski definition) is 3. The molecule has 6 heteroatoms. The van der Waals surface area contributed by atoms with Gasteiger partial charge in [-0.15, -0.1) is 11.3 Å². The number of primary amides is 1. The van der Waals surface area contributed by atoms with Crippen molar-refractivity contribution in [2.45, 2.75) is 32.7 Å². The Labute approximate surface area is 128 Å². The molecule has 4 N–H and O–H groups in total. The number of carbonyl (C=O) groups is 1. The van der Waals surface area contributed by atoms with Gasteiger partial charge in [0.1, 0.15) is 0 Å². The molecule has 0 aliphatic rings. The Morgan fingerprint density at radius 2 is 1.86 bits per heavy atom. The van der Waals surface area contributed by atoms with Crippen LogP contribution < -0.4 is 16.4 Å². The molecule has 1 aromatic carbocycles. The third kappa shape index (κ3) is 4.46. The van der Waals surface area contributed by atoms with E-state index in [0.717, 1.165) is 17.2 Å². The van der Waals surface area contributed by atoms with Gasteiger partial charge < -0.3 is 16.4 Å². The summed E-state index contributed by atoms with van der Waals surface area (Å²) in [5, 5.41) is 7.00. The van der Waals surface area contributed by atoms with E-state index in [4.69, 9.17) is 5.73 Å². The van der Waals surface area contributed by atoms with Crippen LogP contribution in [0.4, 0.5) is 16.2 Å². The molecule has 2 amide bonds. The standard InChI is InChI=1S/C15H20N4OS/c1-15(2,3)13-18-9-12(21-13)8-17-10-4-6-11(7-5-10)19-14(16)20/h4-7,9,17H,8H2,1-3H3,(H3,16,19,20). The number of nitrogens with two attached hydrogens (primary N) is 1. The van der Waals surface area contributed by atoms with Crippen LogP contribution in [0.1, 0.15) is 30.7 Å². The molecule has 0 aliphatic heterocycles. The highest BCUT2D eigenvalue weighted by Gasteiger charge is 2.17. The van der Waals surface area contributed by atoms with Gasteiger partial charge in [-0.25, -0.2) is 9.78 Å². The lowest BCUT2D eigenvalue weighted by Crippen LogP contribution is -2.19. The maximum Gasteiger partial charge on any atom is 0.316 e. The molecule has 0 radical (unpaired) electrons. The highest BCUT2D eigenvalue weighted by molar-refractivity contribution is 7.11. The number of urea groups is 1. The van der Waals surface area contributed by atoms with E-state index in [-0.39, 0.29) is 5.41 Å². The first kappa shape index (κ1) is 15.3. The molecule has 2 rings (SSSR count). The van der Waals surface area contributed by atoms with Crippen LogP contribution in [0.2, 0.25) is 0 Å². The Kier molecular flexibility index (Phi) is 4.47. The normalized spacial score (nSPS) is 11.2. The van der Waals surface area contributed by atoms with E-state index in [0.29, 0.717) is 5.69 Å². The highest BCUT2D eigenvalue weighted by atomic mass is 32.1. The van der Waals surface area contributed by atoms with Crippen molar-refractivity contribution < 1.29 is 4.79 Å². The number of aromatic nitrogens is 1. The molecule has 1 heterocycles. The van der Waals surface area contributed by atoms with Crippen LogP contribution in [0.15, 0.2) is 30.5 Å². The summed E-state index contributed by atoms with van der Waals surface area (Å²) in [5.41, 5.74) is 6.82. The third-order valence-corrected chi connectivity index (χ3v) is 4.24.